The summed E-state index contributed by atoms with van der Waals surface area (Å²) in [5.41, 5.74) is 5.51. The zero-order valence-corrected chi connectivity index (χ0v) is 14.5. The number of nitrogens with two attached hydrogens (primary N) is 1. The molecule has 1 aromatic heterocycles. The third kappa shape index (κ3) is 3.16. The molecule has 0 aliphatic carbocycles. The Morgan fingerprint density at radius 1 is 1.38 bits per heavy atom. The van der Waals surface area contributed by atoms with Gasteiger partial charge in [-0.05, 0) is 43.0 Å². The molecule has 0 spiro atoms. The molecule has 0 unspecified atom stereocenters. The van der Waals surface area contributed by atoms with Gasteiger partial charge in [0.25, 0.3) is 10.0 Å². The molecule has 24 heavy (non-hydrogen) atoms. The largest absolute Gasteiger partial charge is 0.355 e. The summed E-state index contributed by atoms with van der Waals surface area (Å²) in [7, 11) is -3.85. The number of benzene rings is 1. The fraction of sp³-hybridized carbons (Fsp3) is 0.400. The predicted octanol–water partition coefficient (Wildman–Crippen LogP) is 1.27. The van der Waals surface area contributed by atoms with Crippen molar-refractivity contribution in [3.8, 4) is 0 Å². The number of rotatable bonds is 6. The van der Waals surface area contributed by atoms with Crippen LogP contribution >= 0.6 is 11.3 Å². The van der Waals surface area contributed by atoms with E-state index in [0.29, 0.717) is 36.0 Å². The molecule has 0 saturated carbocycles. The summed E-state index contributed by atoms with van der Waals surface area (Å²) >= 11 is 1.01. The van der Waals surface area contributed by atoms with Crippen molar-refractivity contribution in [2.75, 3.05) is 19.6 Å². The highest BCUT2D eigenvalue weighted by Gasteiger charge is 2.38. The van der Waals surface area contributed by atoms with Crippen molar-refractivity contribution in [2.24, 2.45) is 5.73 Å². The number of sulfonamides is 1. The normalized spacial score (nSPS) is 18.5. The lowest BCUT2D eigenvalue weighted by Gasteiger charge is -2.25. The average molecular weight is 371 g/mol. The van der Waals surface area contributed by atoms with Crippen molar-refractivity contribution < 1.29 is 17.6 Å². The first-order chi connectivity index (χ1) is 11.4. The average Bonchev–Trinajstić information content (AvgIpc) is 3.14. The Bertz CT molecular complexity index is 866. The number of nitrogens with one attached hydrogen (secondary N) is 1. The number of fused-ring (bicyclic) bond motifs is 1. The maximum atomic E-state index is 13.3. The monoisotopic (exact) mass is 371 g/mol. The second-order valence-electron chi connectivity index (χ2n) is 5.60. The molecule has 2 aromatic rings. The lowest BCUT2D eigenvalue weighted by molar-refractivity contribution is -0.122. The Morgan fingerprint density at radius 2 is 2.17 bits per heavy atom. The summed E-state index contributed by atoms with van der Waals surface area (Å²) in [4.78, 5) is 12.0. The number of hydrogen-bond acceptors (Lipinski definition) is 5. The molecule has 1 aliphatic heterocycles. The fourth-order valence-electron chi connectivity index (χ4n) is 2.77. The second-order valence-corrected chi connectivity index (χ2v) is 8.80. The highest BCUT2D eigenvalue weighted by atomic mass is 32.2. The predicted molar refractivity (Wildman–Crippen MR) is 90.8 cm³/mol. The number of hydrogen-bond donors (Lipinski definition) is 2. The molecule has 1 aromatic carbocycles. The van der Waals surface area contributed by atoms with E-state index in [1.165, 1.54) is 22.5 Å². The van der Waals surface area contributed by atoms with Gasteiger partial charge in [0.05, 0.1) is 0 Å². The van der Waals surface area contributed by atoms with E-state index in [4.69, 9.17) is 5.73 Å². The third-order valence-corrected chi connectivity index (χ3v) is 7.43. The first-order valence-corrected chi connectivity index (χ1v) is 9.88. The smallest absolute Gasteiger partial charge is 0.253 e. The molecule has 1 fully saturated rings. The van der Waals surface area contributed by atoms with Crippen LogP contribution in [-0.2, 0) is 14.8 Å². The van der Waals surface area contributed by atoms with Crippen LogP contribution in [0, 0.1) is 5.82 Å². The summed E-state index contributed by atoms with van der Waals surface area (Å²) in [5, 5.41) is 3.32. The van der Waals surface area contributed by atoms with E-state index in [2.05, 4.69) is 5.32 Å². The first-order valence-electron chi connectivity index (χ1n) is 7.62. The van der Waals surface area contributed by atoms with Crippen LogP contribution in [0.4, 0.5) is 4.39 Å². The van der Waals surface area contributed by atoms with E-state index < -0.39 is 21.9 Å². The number of carbonyl (C=O) groups excluding carboxylic acids is 1. The van der Waals surface area contributed by atoms with Crippen molar-refractivity contribution in [1.29, 1.82) is 0 Å². The van der Waals surface area contributed by atoms with Crippen LogP contribution in [-0.4, -0.2) is 44.3 Å². The minimum atomic E-state index is -3.85. The van der Waals surface area contributed by atoms with E-state index in [9.17, 15) is 17.6 Å². The SMILES string of the molecule is NCCCN([C@H]1CCNC1=O)S(=O)(=O)c1cc2ccc(F)cc2s1. The van der Waals surface area contributed by atoms with Gasteiger partial charge in [-0.1, -0.05) is 6.07 Å². The molecule has 3 N–H and O–H groups in total. The van der Waals surface area contributed by atoms with E-state index in [-0.39, 0.29) is 16.7 Å². The molecular formula is C15H18FN3O3S2. The summed E-state index contributed by atoms with van der Waals surface area (Å²) < 4.78 is 41.3. The summed E-state index contributed by atoms with van der Waals surface area (Å²) in [5.74, 6) is -0.703. The van der Waals surface area contributed by atoms with Gasteiger partial charge < -0.3 is 11.1 Å². The molecule has 1 saturated heterocycles. The molecular weight excluding hydrogens is 353 g/mol. The van der Waals surface area contributed by atoms with Crippen LogP contribution in [0.5, 0.6) is 0 Å². The van der Waals surface area contributed by atoms with E-state index in [1.807, 2.05) is 0 Å². The summed E-state index contributed by atoms with van der Waals surface area (Å²) in [6.45, 7) is 0.966. The number of thiophene rings is 1. The minimum absolute atomic E-state index is 0.111. The number of halogens is 1. The number of carbonyl (C=O) groups is 1. The second kappa shape index (κ2) is 6.75. The molecule has 2 heterocycles. The number of nitrogens with zero attached hydrogens (tertiary/aromatic N) is 1. The quantitative estimate of drug-likeness (QED) is 0.800. The van der Waals surface area contributed by atoms with Gasteiger partial charge in [-0.25, -0.2) is 12.8 Å². The molecule has 0 radical (unpaired) electrons. The van der Waals surface area contributed by atoms with Gasteiger partial charge in [-0.15, -0.1) is 11.3 Å². The summed E-state index contributed by atoms with van der Waals surface area (Å²) in [6, 6.07) is 4.96. The molecule has 6 nitrogen and oxygen atoms in total. The Morgan fingerprint density at radius 3 is 2.83 bits per heavy atom. The van der Waals surface area contributed by atoms with Crippen molar-refractivity contribution in [3.05, 3.63) is 30.1 Å². The topological polar surface area (TPSA) is 92.5 Å². The fourth-order valence-corrected chi connectivity index (χ4v) is 5.98. The minimum Gasteiger partial charge on any atom is -0.355 e. The maximum absolute atomic E-state index is 13.3. The molecule has 130 valence electrons. The van der Waals surface area contributed by atoms with Crippen LogP contribution < -0.4 is 11.1 Å². The van der Waals surface area contributed by atoms with Gasteiger partial charge in [0.15, 0.2) is 0 Å². The highest BCUT2D eigenvalue weighted by Crippen LogP contribution is 2.33. The highest BCUT2D eigenvalue weighted by molar-refractivity contribution is 7.91. The van der Waals surface area contributed by atoms with Gasteiger partial charge in [0.1, 0.15) is 16.1 Å². The number of amides is 1. The first kappa shape index (κ1) is 17.3. The molecule has 1 atom stereocenters. The van der Waals surface area contributed by atoms with E-state index >= 15 is 0 Å². The van der Waals surface area contributed by atoms with Crippen LogP contribution in [0.25, 0.3) is 10.1 Å². The Balaban J connectivity index is 2.01. The zero-order chi connectivity index (χ0) is 17.3. The van der Waals surface area contributed by atoms with Crippen molar-refractivity contribution in [1.82, 2.24) is 9.62 Å². The van der Waals surface area contributed by atoms with Gasteiger partial charge in [-0.2, -0.15) is 4.31 Å². The van der Waals surface area contributed by atoms with Crippen LogP contribution in [0.3, 0.4) is 0 Å². The van der Waals surface area contributed by atoms with Crippen LogP contribution in [0.15, 0.2) is 28.5 Å². The van der Waals surface area contributed by atoms with E-state index in [1.54, 1.807) is 6.07 Å². The molecule has 1 aliphatic rings. The standard InChI is InChI=1S/C15H18FN3O3S2/c16-11-3-2-10-8-14(23-13(10)9-11)24(21,22)19(7-1-5-17)12-4-6-18-15(12)20/h2-3,8-9,12H,1,4-7,17H2,(H,18,20)/t12-/m0/s1. The van der Waals surface area contributed by atoms with Crippen molar-refractivity contribution >= 4 is 37.4 Å². The zero-order valence-electron chi connectivity index (χ0n) is 12.9. The van der Waals surface area contributed by atoms with Crippen molar-refractivity contribution in [2.45, 2.75) is 23.1 Å². The molecule has 3 rings (SSSR count). The van der Waals surface area contributed by atoms with Gasteiger partial charge in [0.2, 0.25) is 5.91 Å². The Hall–Kier alpha value is -1.55. The molecule has 9 heteroatoms. The van der Waals surface area contributed by atoms with E-state index in [0.717, 1.165) is 11.3 Å². The summed E-state index contributed by atoms with van der Waals surface area (Å²) in [6.07, 6.45) is 0.894. The lowest BCUT2D eigenvalue weighted by atomic mass is 10.2. The molecule has 1 amide bonds. The Labute approximate surface area is 143 Å². The van der Waals surface area contributed by atoms with Gasteiger partial charge in [0, 0.05) is 17.8 Å². The van der Waals surface area contributed by atoms with Crippen molar-refractivity contribution in [3.63, 3.8) is 0 Å². The maximum Gasteiger partial charge on any atom is 0.253 e. The Kier molecular flexibility index (Phi) is 4.86. The third-order valence-electron chi connectivity index (χ3n) is 3.97. The van der Waals surface area contributed by atoms with Crippen LogP contribution in [0.1, 0.15) is 12.8 Å². The molecule has 0 bridgehead atoms. The van der Waals surface area contributed by atoms with Gasteiger partial charge >= 0.3 is 0 Å². The lowest BCUT2D eigenvalue weighted by Crippen LogP contribution is -2.45. The van der Waals surface area contributed by atoms with Gasteiger partial charge in [-0.3, -0.25) is 4.79 Å². The van der Waals surface area contributed by atoms with Crippen LogP contribution in [0.2, 0.25) is 0 Å².